The molecule has 6 nitrogen and oxygen atoms in total. The Bertz CT molecular complexity index is 584. The second-order valence-electron chi connectivity index (χ2n) is 4.72. The van der Waals surface area contributed by atoms with Gasteiger partial charge in [0.05, 0.1) is 10.6 Å². The Hall–Kier alpha value is -1.60. The van der Waals surface area contributed by atoms with Gasteiger partial charge in [-0.25, -0.2) is 9.59 Å². The molecule has 0 aromatic heterocycles. The van der Waals surface area contributed by atoms with E-state index in [1.165, 1.54) is 18.2 Å². The summed E-state index contributed by atoms with van der Waals surface area (Å²) in [5, 5.41) is 14.3. The minimum Gasteiger partial charge on any atom is -0.478 e. The lowest BCUT2D eigenvalue weighted by molar-refractivity contribution is 0.0697. The van der Waals surface area contributed by atoms with Crippen LogP contribution in [0.25, 0.3) is 0 Å². The Morgan fingerprint density at radius 3 is 2.52 bits per heavy atom. The smallest absolute Gasteiger partial charge is 0.337 e. The summed E-state index contributed by atoms with van der Waals surface area (Å²) in [4.78, 5) is 22.7. The highest BCUT2D eigenvalue weighted by Gasteiger charge is 2.19. The average molecular weight is 331 g/mol. The molecule has 1 aromatic rings. The van der Waals surface area contributed by atoms with Crippen molar-refractivity contribution in [3.8, 4) is 0 Å². The highest BCUT2D eigenvalue weighted by Crippen LogP contribution is 2.21. The molecule has 0 aliphatic carbocycles. The fourth-order valence-electron chi connectivity index (χ4n) is 2.06. The molecule has 1 aliphatic heterocycles. The Labute approximate surface area is 129 Å². The van der Waals surface area contributed by atoms with Crippen LogP contribution in [0.4, 0.5) is 10.5 Å². The van der Waals surface area contributed by atoms with Gasteiger partial charge in [-0.3, -0.25) is 4.21 Å². The van der Waals surface area contributed by atoms with Crippen LogP contribution in [-0.4, -0.2) is 38.9 Å². The van der Waals surface area contributed by atoms with Crippen molar-refractivity contribution in [2.45, 2.75) is 18.9 Å². The standard InChI is InChI=1S/C13H15ClN2O4S/c14-11-7-9(1-2-10(11)12(17)18)16-13(19)15-8-3-5-21(20)6-4-8/h1-2,7-8H,3-6H2,(H,17,18)(H2,15,16,19). The summed E-state index contributed by atoms with van der Waals surface area (Å²) in [7, 11) is -0.769. The quantitative estimate of drug-likeness (QED) is 0.790. The van der Waals surface area contributed by atoms with Gasteiger partial charge in [0.1, 0.15) is 0 Å². The fourth-order valence-corrected chi connectivity index (χ4v) is 3.62. The Kier molecular flexibility index (Phi) is 5.19. The molecule has 1 fully saturated rings. The molecule has 0 bridgehead atoms. The molecule has 0 radical (unpaired) electrons. The first-order chi connectivity index (χ1) is 9.95. The van der Waals surface area contributed by atoms with E-state index in [9.17, 15) is 13.8 Å². The minimum atomic E-state index is -1.12. The van der Waals surface area contributed by atoms with Gasteiger partial charge in [0.15, 0.2) is 0 Å². The molecule has 0 unspecified atom stereocenters. The van der Waals surface area contributed by atoms with Crippen molar-refractivity contribution >= 4 is 40.1 Å². The normalized spacial score (nSPS) is 21.6. The molecule has 1 aliphatic rings. The summed E-state index contributed by atoms with van der Waals surface area (Å²) in [6.45, 7) is 0. The third-order valence-corrected chi connectivity index (χ3v) is 4.88. The molecular formula is C13H15ClN2O4S. The van der Waals surface area contributed by atoms with Crippen molar-refractivity contribution in [1.29, 1.82) is 0 Å². The van der Waals surface area contributed by atoms with Gasteiger partial charge in [0.2, 0.25) is 0 Å². The number of carboxylic acids is 1. The number of aromatic carboxylic acids is 1. The van der Waals surface area contributed by atoms with Crippen LogP contribution in [0.15, 0.2) is 18.2 Å². The topological polar surface area (TPSA) is 95.5 Å². The molecule has 3 N–H and O–H groups in total. The maximum atomic E-state index is 11.8. The zero-order chi connectivity index (χ0) is 15.4. The molecule has 1 heterocycles. The van der Waals surface area contributed by atoms with Crippen LogP contribution in [-0.2, 0) is 10.8 Å². The minimum absolute atomic E-state index is 0.0106. The van der Waals surface area contributed by atoms with Crippen LogP contribution in [0, 0.1) is 0 Å². The molecule has 2 amide bonds. The van der Waals surface area contributed by atoms with Gasteiger partial charge in [-0.1, -0.05) is 11.6 Å². The number of carbonyl (C=O) groups excluding carboxylic acids is 1. The highest BCUT2D eigenvalue weighted by atomic mass is 35.5. The number of rotatable bonds is 3. The lowest BCUT2D eigenvalue weighted by Crippen LogP contribution is -2.41. The van der Waals surface area contributed by atoms with Crippen molar-refractivity contribution in [3.05, 3.63) is 28.8 Å². The van der Waals surface area contributed by atoms with Crippen LogP contribution in [0.1, 0.15) is 23.2 Å². The fraction of sp³-hybridized carbons (Fsp3) is 0.385. The number of nitrogens with one attached hydrogen (secondary N) is 2. The Morgan fingerprint density at radius 1 is 1.29 bits per heavy atom. The van der Waals surface area contributed by atoms with Gasteiger partial charge in [-0.15, -0.1) is 0 Å². The predicted molar refractivity (Wildman–Crippen MR) is 81.5 cm³/mol. The maximum Gasteiger partial charge on any atom is 0.337 e. The summed E-state index contributed by atoms with van der Waals surface area (Å²) < 4.78 is 11.2. The van der Waals surface area contributed by atoms with Crippen molar-refractivity contribution in [3.63, 3.8) is 0 Å². The third-order valence-electron chi connectivity index (χ3n) is 3.18. The van der Waals surface area contributed by atoms with E-state index in [-0.39, 0.29) is 22.7 Å². The van der Waals surface area contributed by atoms with Gasteiger partial charge in [0, 0.05) is 34.0 Å². The first-order valence-electron chi connectivity index (χ1n) is 6.41. The number of carbonyl (C=O) groups is 2. The zero-order valence-corrected chi connectivity index (χ0v) is 12.7. The van der Waals surface area contributed by atoms with Crippen molar-refractivity contribution < 1.29 is 18.9 Å². The second kappa shape index (κ2) is 6.91. The Morgan fingerprint density at radius 2 is 1.95 bits per heavy atom. The Balaban J connectivity index is 1.92. The van der Waals surface area contributed by atoms with Crippen molar-refractivity contribution in [1.82, 2.24) is 5.32 Å². The lowest BCUT2D eigenvalue weighted by atomic mass is 10.1. The lowest BCUT2D eigenvalue weighted by Gasteiger charge is -2.22. The van der Waals surface area contributed by atoms with Crippen LogP contribution in [0.3, 0.4) is 0 Å². The highest BCUT2D eigenvalue weighted by molar-refractivity contribution is 7.85. The van der Waals surface area contributed by atoms with Crippen LogP contribution in [0.5, 0.6) is 0 Å². The molecule has 0 atom stereocenters. The van der Waals surface area contributed by atoms with Crippen LogP contribution in [0.2, 0.25) is 5.02 Å². The number of halogens is 1. The number of carboxylic acid groups (broad SMARTS) is 1. The first-order valence-corrected chi connectivity index (χ1v) is 8.27. The molecule has 1 saturated heterocycles. The zero-order valence-electron chi connectivity index (χ0n) is 11.1. The number of hydrogen-bond donors (Lipinski definition) is 3. The molecule has 2 rings (SSSR count). The van der Waals surface area contributed by atoms with E-state index in [0.717, 1.165) is 0 Å². The molecule has 1 aromatic carbocycles. The van der Waals surface area contributed by atoms with E-state index in [1.54, 1.807) is 0 Å². The SMILES string of the molecule is O=C(Nc1ccc(C(=O)O)c(Cl)c1)NC1CCS(=O)CC1. The van der Waals surface area contributed by atoms with E-state index >= 15 is 0 Å². The van der Waals surface area contributed by atoms with E-state index in [1.807, 2.05) is 0 Å². The average Bonchev–Trinajstić information content (AvgIpc) is 2.41. The van der Waals surface area contributed by atoms with E-state index in [2.05, 4.69) is 10.6 Å². The van der Waals surface area contributed by atoms with E-state index in [4.69, 9.17) is 16.7 Å². The molecule has 0 saturated carbocycles. The molecule has 8 heteroatoms. The number of benzene rings is 1. The molecule has 21 heavy (non-hydrogen) atoms. The molecule has 0 spiro atoms. The van der Waals surface area contributed by atoms with Gasteiger partial charge < -0.3 is 15.7 Å². The van der Waals surface area contributed by atoms with Crippen LogP contribution >= 0.6 is 11.6 Å². The summed E-state index contributed by atoms with van der Waals surface area (Å²) in [5.41, 5.74) is 0.402. The summed E-state index contributed by atoms with van der Waals surface area (Å²) in [6.07, 6.45) is 1.39. The van der Waals surface area contributed by atoms with Gasteiger partial charge in [-0.05, 0) is 31.0 Å². The van der Waals surface area contributed by atoms with Gasteiger partial charge >= 0.3 is 12.0 Å². The molecule has 114 valence electrons. The second-order valence-corrected chi connectivity index (χ2v) is 6.82. The first kappa shape index (κ1) is 15.8. The number of urea groups is 1. The number of hydrogen-bond acceptors (Lipinski definition) is 3. The van der Waals surface area contributed by atoms with Gasteiger partial charge in [0.25, 0.3) is 0 Å². The monoisotopic (exact) mass is 330 g/mol. The predicted octanol–water partition coefficient (Wildman–Crippen LogP) is 2.07. The van der Waals surface area contributed by atoms with E-state index < -0.39 is 16.8 Å². The third kappa shape index (κ3) is 4.44. The molecular weight excluding hydrogens is 316 g/mol. The van der Waals surface area contributed by atoms with Gasteiger partial charge in [-0.2, -0.15) is 0 Å². The van der Waals surface area contributed by atoms with Crippen LogP contribution < -0.4 is 10.6 Å². The van der Waals surface area contributed by atoms with Crippen molar-refractivity contribution in [2.75, 3.05) is 16.8 Å². The number of anilines is 1. The summed E-state index contributed by atoms with van der Waals surface area (Å²) >= 11 is 5.83. The maximum absolute atomic E-state index is 11.8. The summed E-state index contributed by atoms with van der Waals surface area (Å²) in [6, 6.07) is 3.83. The van der Waals surface area contributed by atoms with E-state index in [0.29, 0.717) is 30.0 Å². The van der Waals surface area contributed by atoms with Crippen molar-refractivity contribution in [2.24, 2.45) is 0 Å². The summed E-state index contributed by atoms with van der Waals surface area (Å²) in [5.74, 6) is 0.0833. The number of amides is 2. The largest absolute Gasteiger partial charge is 0.478 e.